The average molecular weight is 338 g/mol. The van der Waals surface area contributed by atoms with E-state index in [1.165, 1.54) is 10.9 Å². The van der Waals surface area contributed by atoms with Gasteiger partial charge in [-0.25, -0.2) is 4.79 Å². The Bertz CT molecular complexity index is 912. The summed E-state index contributed by atoms with van der Waals surface area (Å²) in [7, 11) is 1.54. The van der Waals surface area contributed by atoms with Crippen LogP contribution >= 0.6 is 0 Å². The normalized spacial score (nSPS) is 11.9. The van der Waals surface area contributed by atoms with E-state index < -0.39 is 11.9 Å². The second-order valence-electron chi connectivity index (χ2n) is 5.72. The molecule has 0 saturated carbocycles. The first-order valence-electron chi connectivity index (χ1n) is 7.77. The first kappa shape index (κ1) is 16.5. The molecule has 0 bridgehead atoms. The quantitative estimate of drug-likeness (QED) is 0.747. The number of hydrogen-bond acceptors (Lipinski definition) is 3. The lowest BCUT2D eigenvalue weighted by Gasteiger charge is -2.16. The Morgan fingerprint density at radius 2 is 1.92 bits per heavy atom. The minimum Gasteiger partial charge on any atom is -0.478 e. The number of nitrogens with zero attached hydrogens (tertiary/aromatic N) is 3. The Morgan fingerprint density at radius 1 is 1.20 bits per heavy atom. The molecule has 1 aromatic carbocycles. The van der Waals surface area contributed by atoms with Crippen LogP contribution in [0.3, 0.4) is 0 Å². The molecule has 0 spiro atoms. The van der Waals surface area contributed by atoms with Gasteiger partial charge in [0.1, 0.15) is 11.3 Å². The molecule has 0 radical (unpaired) electrons. The maximum absolute atomic E-state index is 12.5. The minimum atomic E-state index is -1.18. The van der Waals surface area contributed by atoms with Crippen LogP contribution in [0.15, 0.2) is 55.0 Å². The molecule has 0 aliphatic rings. The van der Waals surface area contributed by atoms with Gasteiger partial charge in [-0.05, 0) is 36.8 Å². The number of benzene rings is 1. The molecule has 3 rings (SSSR count). The van der Waals surface area contributed by atoms with Crippen LogP contribution < -0.4 is 5.32 Å². The summed E-state index contributed by atoms with van der Waals surface area (Å²) < 4.78 is 3.24. The van der Waals surface area contributed by atoms with Crippen molar-refractivity contribution in [1.82, 2.24) is 19.7 Å². The summed E-state index contributed by atoms with van der Waals surface area (Å²) in [5.41, 5.74) is 1.81. The van der Waals surface area contributed by atoms with Crippen molar-refractivity contribution in [2.75, 3.05) is 0 Å². The molecule has 2 heterocycles. The first-order valence-corrected chi connectivity index (χ1v) is 7.77. The van der Waals surface area contributed by atoms with E-state index in [0.29, 0.717) is 0 Å². The molecule has 3 aromatic rings. The Balaban J connectivity index is 1.82. The van der Waals surface area contributed by atoms with Crippen molar-refractivity contribution in [3.63, 3.8) is 0 Å². The molecule has 25 heavy (non-hydrogen) atoms. The number of carbonyl (C=O) groups is 2. The van der Waals surface area contributed by atoms with E-state index in [2.05, 4.69) is 10.4 Å². The molecular weight excluding hydrogens is 320 g/mol. The van der Waals surface area contributed by atoms with Crippen LogP contribution in [0.2, 0.25) is 0 Å². The number of carboxylic acids is 1. The summed E-state index contributed by atoms with van der Waals surface area (Å²) in [6.07, 6.45) is 5.06. The Labute approximate surface area is 144 Å². The monoisotopic (exact) mass is 338 g/mol. The van der Waals surface area contributed by atoms with Crippen LogP contribution in [0, 0.1) is 0 Å². The SMILES string of the molecule is CC(NC(=O)c1c(C(=O)O)cnn1C)c1cccc(-n2cccc2)c1. The number of aromatic carboxylic acids is 1. The second-order valence-corrected chi connectivity index (χ2v) is 5.72. The van der Waals surface area contributed by atoms with Crippen LogP contribution in [-0.2, 0) is 7.05 Å². The minimum absolute atomic E-state index is 0.0286. The van der Waals surface area contributed by atoms with E-state index in [-0.39, 0.29) is 17.3 Å². The number of hydrogen-bond donors (Lipinski definition) is 2. The van der Waals surface area contributed by atoms with E-state index >= 15 is 0 Å². The molecular formula is C18H18N4O3. The van der Waals surface area contributed by atoms with Crippen LogP contribution in [0.1, 0.15) is 39.4 Å². The van der Waals surface area contributed by atoms with Crippen LogP contribution in [0.4, 0.5) is 0 Å². The van der Waals surface area contributed by atoms with Crippen molar-refractivity contribution in [2.45, 2.75) is 13.0 Å². The first-order chi connectivity index (χ1) is 12.0. The molecule has 2 aromatic heterocycles. The van der Waals surface area contributed by atoms with Gasteiger partial charge in [0.25, 0.3) is 5.91 Å². The van der Waals surface area contributed by atoms with Gasteiger partial charge in [0.05, 0.1) is 12.2 Å². The lowest BCUT2D eigenvalue weighted by atomic mass is 10.1. The summed E-state index contributed by atoms with van der Waals surface area (Å²) >= 11 is 0. The van der Waals surface area contributed by atoms with E-state index in [0.717, 1.165) is 11.3 Å². The highest BCUT2D eigenvalue weighted by Gasteiger charge is 2.23. The molecule has 128 valence electrons. The molecule has 0 aliphatic carbocycles. The van der Waals surface area contributed by atoms with Gasteiger partial charge in [0, 0.05) is 25.1 Å². The number of rotatable bonds is 5. The van der Waals surface area contributed by atoms with Gasteiger partial charge in [-0.15, -0.1) is 0 Å². The Morgan fingerprint density at radius 3 is 2.60 bits per heavy atom. The van der Waals surface area contributed by atoms with Gasteiger partial charge >= 0.3 is 5.97 Å². The fourth-order valence-electron chi connectivity index (χ4n) is 2.67. The van der Waals surface area contributed by atoms with Gasteiger partial charge in [0.15, 0.2) is 0 Å². The summed E-state index contributed by atoms with van der Waals surface area (Å²) in [5, 5.41) is 15.9. The molecule has 0 saturated heterocycles. The highest BCUT2D eigenvalue weighted by Crippen LogP contribution is 2.18. The molecule has 7 nitrogen and oxygen atoms in total. The maximum atomic E-state index is 12.5. The van der Waals surface area contributed by atoms with Crippen molar-refractivity contribution in [2.24, 2.45) is 7.05 Å². The molecule has 1 unspecified atom stereocenters. The maximum Gasteiger partial charge on any atom is 0.339 e. The molecule has 1 atom stereocenters. The fourth-order valence-corrected chi connectivity index (χ4v) is 2.67. The zero-order valence-corrected chi connectivity index (χ0v) is 13.9. The average Bonchev–Trinajstić information content (AvgIpc) is 3.24. The number of carboxylic acid groups (broad SMARTS) is 1. The summed E-state index contributed by atoms with van der Waals surface area (Å²) in [6, 6.07) is 11.4. The largest absolute Gasteiger partial charge is 0.478 e. The van der Waals surface area contributed by atoms with Crippen molar-refractivity contribution in [1.29, 1.82) is 0 Å². The zero-order chi connectivity index (χ0) is 18.0. The van der Waals surface area contributed by atoms with E-state index in [1.807, 2.05) is 60.3 Å². The Kier molecular flexibility index (Phi) is 4.38. The number of carbonyl (C=O) groups excluding carboxylic acids is 1. The summed E-state index contributed by atoms with van der Waals surface area (Å²) in [5.74, 6) is -1.66. The predicted molar refractivity (Wildman–Crippen MR) is 91.8 cm³/mol. The number of aromatic nitrogens is 3. The fraction of sp³-hybridized carbons (Fsp3) is 0.167. The van der Waals surface area contributed by atoms with Crippen molar-refractivity contribution in [3.8, 4) is 5.69 Å². The van der Waals surface area contributed by atoms with Gasteiger partial charge in [-0.2, -0.15) is 5.10 Å². The van der Waals surface area contributed by atoms with Crippen molar-refractivity contribution in [3.05, 3.63) is 71.8 Å². The third-order valence-electron chi connectivity index (χ3n) is 4.00. The van der Waals surface area contributed by atoms with E-state index in [4.69, 9.17) is 0 Å². The van der Waals surface area contributed by atoms with Gasteiger partial charge in [-0.1, -0.05) is 12.1 Å². The lowest BCUT2D eigenvalue weighted by Crippen LogP contribution is -2.30. The second kappa shape index (κ2) is 6.64. The third kappa shape index (κ3) is 3.30. The summed E-state index contributed by atoms with van der Waals surface area (Å²) in [4.78, 5) is 23.7. The van der Waals surface area contributed by atoms with E-state index in [9.17, 15) is 14.7 Å². The van der Waals surface area contributed by atoms with Crippen LogP contribution in [0.25, 0.3) is 5.69 Å². The van der Waals surface area contributed by atoms with Crippen LogP contribution in [-0.4, -0.2) is 31.3 Å². The molecule has 0 aliphatic heterocycles. The number of aryl methyl sites for hydroxylation is 1. The molecule has 1 amide bonds. The number of nitrogens with one attached hydrogen (secondary N) is 1. The van der Waals surface area contributed by atoms with Gasteiger partial charge in [-0.3, -0.25) is 9.48 Å². The van der Waals surface area contributed by atoms with Gasteiger partial charge < -0.3 is 15.0 Å². The highest BCUT2D eigenvalue weighted by atomic mass is 16.4. The third-order valence-corrected chi connectivity index (χ3v) is 4.00. The Hall–Kier alpha value is -3.35. The smallest absolute Gasteiger partial charge is 0.339 e. The lowest BCUT2D eigenvalue weighted by molar-refractivity contribution is 0.0690. The van der Waals surface area contributed by atoms with E-state index in [1.54, 1.807) is 7.05 Å². The zero-order valence-electron chi connectivity index (χ0n) is 13.9. The summed E-state index contributed by atoms with van der Waals surface area (Å²) in [6.45, 7) is 1.85. The topological polar surface area (TPSA) is 89.2 Å². The highest BCUT2D eigenvalue weighted by molar-refractivity contribution is 6.03. The molecule has 2 N–H and O–H groups in total. The standard InChI is InChI=1S/C18H18N4O3/c1-12(13-6-5-7-14(10-13)22-8-3-4-9-22)20-17(23)16-15(18(24)25)11-19-21(16)2/h3-12H,1-2H3,(H,20,23)(H,24,25). The van der Waals surface area contributed by atoms with Gasteiger partial charge in [0.2, 0.25) is 0 Å². The van der Waals surface area contributed by atoms with Crippen LogP contribution in [0.5, 0.6) is 0 Å². The molecule has 0 fully saturated rings. The number of amides is 1. The molecule has 7 heteroatoms. The predicted octanol–water partition coefficient (Wildman–Crippen LogP) is 2.40. The van der Waals surface area contributed by atoms with Crippen molar-refractivity contribution < 1.29 is 14.7 Å². The van der Waals surface area contributed by atoms with Crippen molar-refractivity contribution >= 4 is 11.9 Å².